The zero-order valence-corrected chi connectivity index (χ0v) is 14.6. The third-order valence-electron chi connectivity index (χ3n) is 3.48. The fourth-order valence-corrected chi connectivity index (χ4v) is 3.27. The highest BCUT2D eigenvalue weighted by molar-refractivity contribution is 7.18. The van der Waals surface area contributed by atoms with E-state index < -0.39 is 0 Å². The molecule has 0 aliphatic heterocycles. The maximum Gasteiger partial charge on any atom is 0.255 e. The summed E-state index contributed by atoms with van der Waals surface area (Å²) in [5.41, 5.74) is 2.20. The Morgan fingerprint density at radius 1 is 1.21 bits per heavy atom. The van der Waals surface area contributed by atoms with Crippen LogP contribution in [0.1, 0.15) is 22.3 Å². The fraction of sp³-hybridized carbons (Fsp3) is 0.222. The van der Waals surface area contributed by atoms with Crippen molar-refractivity contribution in [2.45, 2.75) is 13.8 Å². The Morgan fingerprint density at radius 2 is 2.04 bits per heavy atom. The van der Waals surface area contributed by atoms with E-state index in [1.165, 1.54) is 0 Å². The topological polar surface area (TPSA) is 60.5 Å². The highest BCUT2D eigenvalue weighted by Gasteiger charge is 2.12. The van der Waals surface area contributed by atoms with E-state index in [0.29, 0.717) is 23.7 Å². The largest absolute Gasteiger partial charge is 0.493 e. The van der Waals surface area contributed by atoms with Crippen molar-refractivity contribution in [3.8, 4) is 11.5 Å². The van der Waals surface area contributed by atoms with Gasteiger partial charge in [0.1, 0.15) is 0 Å². The van der Waals surface area contributed by atoms with Crippen LogP contribution < -0.4 is 14.8 Å². The molecule has 2 aromatic carbocycles. The summed E-state index contributed by atoms with van der Waals surface area (Å²) in [6.45, 7) is 4.36. The van der Waals surface area contributed by atoms with Gasteiger partial charge in [0.2, 0.25) is 0 Å². The molecule has 0 saturated carbocycles. The summed E-state index contributed by atoms with van der Waals surface area (Å²) in [5, 5.41) is 3.91. The van der Waals surface area contributed by atoms with Gasteiger partial charge in [0.05, 0.1) is 28.9 Å². The number of hydrogen-bond donors (Lipinski definition) is 1. The number of carbonyl (C=O) groups excluding carboxylic acids is 1. The summed E-state index contributed by atoms with van der Waals surface area (Å²) in [7, 11) is 1.57. The lowest BCUT2D eigenvalue weighted by Crippen LogP contribution is -2.12. The standard InChI is InChI=1S/C18H18N2O3S/c1-4-23-16-9-12(5-8-15(16)22-3)18(21)20-13-6-7-14-17(10-13)24-11(2)19-14/h5-10H,4H2,1-3H3,(H,20,21). The number of benzene rings is 2. The molecule has 1 amide bonds. The third kappa shape index (κ3) is 3.33. The van der Waals surface area contributed by atoms with Gasteiger partial charge in [-0.3, -0.25) is 4.79 Å². The van der Waals surface area contributed by atoms with Crippen molar-refractivity contribution >= 4 is 33.1 Å². The highest BCUT2D eigenvalue weighted by Crippen LogP contribution is 2.29. The molecule has 0 aliphatic carbocycles. The Hall–Kier alpha value is -2.60. The number of carbonyl (C=O) groups is 1. The predicted octanol–water partition coefficient (Wildman–Crippen LogP) is 4.26. The number of amides is 1. The van der Waals surface area contributed by atoms with Crippen molar-refractivity contribution < 1.29 is 14.3 Å². The van der Waals surface area contributed by atoms with Crippen molar-refractivity contribution in [3.05, 3.63) is 47.0 Å². The number of thiazole rings is 1. The first-order valence-electron chi connectivity index (χ1n) is 7.60. The Balaban J connectivity index is 1.83. The van der Waals surface area contributed by atoms with Crippen LogP contribution in [0.3, 0.4) is 0 Å². The Morgan fingerprint density at radius 3 is 2.79 bits per heavy atom. The van der Waals surface area contributed by atoms with Crippen LogP contribution in [-0.4, -0.2) is 24.6 Å². The van der Waals surface area contributed by atoms with Crippen LogP contribution in [-0.2, 0) is 0 Å². The predicted molar refractivity (Wildman–Crippen MR) is 96.5 cm³/mol. The molecule has 0 spiro atoms. The summed E-state index contributed by atoms with van der Waals surface area (Å²) in [5.74, 6) is 0.968. The molecule has 3 aromatic rings. The maximum absolute atomic E-state index is 12.5. The van der Waals surface area contributed by atoms with Crippen LogP contribution in [0.5, 0.6) is 11.5 Å². The number of nitrogens with one attached hydrogen (secondary N) is 1. The minimum atomic E-state index is -0.195. The van der Waals surface area contributed by atoms with Gasteiger partial charge in [-0.15, -0.1) is 11.3 Å². The molecule has 0 fully saturated rings. The van der Waals surface area contributed by atoms with Crippen molar-refractivity contribution in [2.24, 2.45) is 0 Å². The average molecular weight is 342 g/mol. The second-order valence-corrected chi connectivity index (χ2v) is 6.40. The zero-order valence-electron chi connectivity index (χ0n) is 13.8. The molecule has 0 bridgehead atoms. The minimum absolute atomic E-state index is 0.195. The SMILES string of the molecule is CCOc1cc(C(=O)Nc2ccc3nc(C)sc3c2)ccc1OC. The number of aromatic nitrogens is 1. The molecule has 5 nitrogen and oxygen atoms in total. The molecule has 6 heteroatoms. The van der Waals surface area contributed by atoms with Gasteiger partial charge in [0, 0.05) is 11.3 Å². The Bertz CT molecular complexity index is 889. The monoisotopic (exact) mass is 342 g/mol. The van der Waals surface area contributed by atoms with Crippen LogP contribution in [0.4, 0.5) is 5.69 Å². The lowest BCUT2D eigenvalue weighted by Gasteiger charge is -2.11. The Labute approximate surface area is 144 Å². The maximum atomic E-state index is 12.5. The number of methoxy groups -OCH3 is 1. The number of nitrogens with zero attached hydrogens (tertiary/aromatic N) is 1. The lowest BCUT2D eigenvalue weighted by molar-refractivity contribution is 0.102. The van der Waals surface area contributed by atoms with E-state index in [9.17, 15) is 4.79 Å². The minimum Gasteiger partial charge on any atom is -0.493 e. The van der Waals surface area contributed by atoms with Crippen LogP contribution in [0.25, 0.3) is 10.2 Å². The highest BCUT2D eigenvalue weighted by atomic mass is 32.1. The van der Waals surface area contributed by atoms with Gasteiger partial charge in [-0.25, -0.2) is 4.98 Å². The van der Waals surface area contributed by atoms with Crippen molar-refractivity contribution in [1.29, 1.82) is 0 Å². The average Bonchev–Trinajstić information content (AvgIpc) is 2.94. The molecular weight excluding hydrogens is 324 g/mol. The molecule has 1 aromatic heterocycles. The molecule has 0 aliphatic rings. The van der Waals surface area contributed by atoms with Gasteiger partial charge in [-0.1, -0.05) is 0 Å². The van der Waals surface area contributed by atoms with E-state index in [0.717, 1.165) is 20.9 Å². The van der Waals surface area contributed by atoms with E-state index in [4.69, 9.17) is 9.47 Å². The van der Waals surface area contributed by atoms with E-state index in [-0.39, 0.29) is 5.91 Å². The Kier molecular flexibility index (Phi) is 4.66. The third-order valence-corrected chi connectivity index (χ3v) is 4.41. The molecule has 0 unspecified atom stereocenters. The van der Waals surface area contributed by atoms with E-state index in [1.807, 2.05) is 32.0 Å². The number of fused-ring (bicyclic) bond motifs is 1. The summed E-state index contributed by atoms with van der Waals surface area (Å²) >= 11 is 1.60. The first-order chi connectivity index (χ1) is 11.6. The second-order valence-electron chi connectivity index (χ2n) is 5.17. The molecule has 3 rings (SSSR count). The van der Waals surface area contributed by atoms with Crippen molar-refractivity contribution in [2.75, 3.05) is 19.0 Å². The summed E-state index contributed by atoms with van der Waals surface area (Å²) in [6, 6.07) is 10.8. The number of anilines is 1. The van der Waals surface area contributed by atoms with E-state index >= 15 is 0 Å². The zero-order chi connectivity index (χ0) is 17.1. The van der Waals surface area contributed by atoms with Crippen LogP contribution in [0, 0.1) is 6.92 Å². The van der Waals surface area contributed by atoms with Crippen molar-refractivity contribution in [3.63, 3.8) is 0 Å². The van der Waals surface area contributed by atoms with Gasteiger partial charge in [-0.05, 0) is 50.2 Å². The van der Waals surface area contributed by atoms with E-state index in [1.54, 1.807) is 36.6 Å². The van der Waals surface area contributed by atoms with Gasteiger partial charge >= 0.3 is 0 Å². The first-order valence-corrected chi connectivity index (χ1v) is 8.41. The van der Waals surface area contributed by atoms with Crippen LogP contribution in [0.15, 0.2) is 36.4 Å². The summed E-state index contributed by atoms with van der Waals surface area (Å²) < 4.78 is 11.8. The van der Waals surface area contributed by atoms with Gasteiger partial charge in [0.25, 0.3) is 5.91 Å². The smallest absolute Gasteiger partial charge is 0.255 e. The fourth-order valence-electron chi connectivity index (χ4n) is 2.41. The van der Waals surface area contributed by atoms with Crippen LogP contribution in [0.2, 0.25) is 0 Å². The molecule has 1 N–H and O–H groups in total. The molecule has 0 saturated heterocycles. The quantitative estimate of drug-likeness (QED) is 0.752. The molecule has 24 heavy (non-hydrogen) atoms. The van der Waals surface area contributed by atoms with Gasteiger partial charge < -0.3 is 14.8 Å². The molecule has 0 radical (unpaired) electrons. The second kappa shape index (κ2) is 6.88. The molecule has 1 heterocycles. The molecular formula is C18H18N2O3S. The van der Waals surface area contributed by atoms with Crippen LogP contribution >= 0.6 is 11.3 Å². The summed E-state index contributed by atoms with van der Waals surface area (Å²) in [6.07, 6.45) is 0. The van der Waals surface area contributed by atoms with Gasteiger partial charge in [0.15, 0.2) is 11.5 Å². The lowest BCUT2D eigenvalue weighted by atomic mass is 10.2. The summed E-state index contributed by atoms with van der Waals surface area (Å²) in [4.78, 5) is 16.9. The number of rotatable bonds is 5. The van der Waals surface area contributed by atoms with Gasteiger partial charge in [-0.2, -0.15) is 0 Å². The molecule has 124 valence electrons. The molecule has 0 atom stereocenters. The number of hydrogen-bond acceptors (Lipinski definition) is 5. The number of aryl methyl sites for hydroxylation is 1. The first kappa shape index (κ1) is 16.3. The normalized spacial score (nSPS) is 10.6. The number of ether oxygens (including phenoxy) is 2. The van der Waals surface area contributed by atoms with Crippen molar-refractivity contribution in [1.82, 2.24) is 4.98 Å². The van der Waals surface area contributed by atoms with E-state index in [2.05, 4.69) is 10.3 Å².